The highest BCUT2D eigenvalue weighted by Gasteiger charge is 2.46. The fraction of sp³-hybridized carbons (Fsp3) is 0.905. The summed E-state index contributed by atoms with van der Waals surface area (Å²) in [5.41, 5.74) is -1.31. The van der Waals surface area contributed by atoms with Gasteiger partial charge in [0.25, 0.3) is 0 Å². The van der Waals surface area contributed by atoms with Crippen LogP contribution in [0.25, 0.3) is 0 Å². The quantitative estimate of drug-likeness (QED) is 0.427. The van der Waals surface area contributed by atoms with E-state index in [4.69, 9.17) is 0 Å². The molecule has 152 valence electrons. The minimum Gasteiger partial charge on any atom is -0.480 e. The third-order valence-electron chi connectivity index (χ3n) is 6.63. The summed E-state index contributed by atoms with van der Waals surface area (Å²) in [4.78, 5) is 25.8. The van der Waals surface area contributed by atoms with E-state index in [9.17, 15) is 19.8 Å². The molecule has 1 fully saturated rings. The fourth-order valence-electron chi connectivity index (χ4n) is 4.76. The fourth-order valence-corrected chi connectivity index (χ4v) is 4.76. The third kappa shape index (κ3) is 5.21. The first-order valence-corrected chi connectivity index (χ1v) is 10.1. The van der Waals surface area contributed by atoms with Crippen LogP contribution in [0.5, 0.6) is 0 Å². The lowest BCUT2D eigenvalue weighted by molar-refractivity contribution is -0.166. The molecule has 0 saturated carbocycles. The normalized spacial score (nSPS) is 20.8. The predicted octanol–water partition coefficient (Wildman–Crippen LogP) is 4.79. The summed E-state index contributed by atoms with van der Waals surface area (Å²) in [5.74, 6) is -1.75. The van der Waals surface area contributed by atoms with Crippen LogP contribution < -0.4 is 0 Å². The summed E-state index contributed by atoms with van der Waals surface area (Å²) >= 11 is 0. The van der Waals surface area contributed by atoms with Gasteiger partial charge in [-0.2, -0.15) is 0 Å². The van der Waals surface area contributed by atoms with Gasteiger partial charge >= 0.3 is 11.9 Å². The Morgan fingerprint density at radius 1 is 0.962 bits per heavy atom. The maximum Gasteiger partial charge on any atom is 0.321 e. The van der Waals surface area contributed by atoms with E-state index in [2.05, 4.69) is 39.6 Å². The third-order valence-corrected chi connectivity index (χ3v) is 6.63. The van der Waals surface area contributed by atoms with E-state index in [1.807, 2.05) is 6.92 Å². The second kappa shape index (κ2) is 8.73. The topological polar surface area (TPSA) is 77.8 Å². The second-order valence-corrected chi connectivity index (χ2v) is 9.50. The van der Waals surface area contributed by atoms with Crippen LogP contribution in [0.4, 0.5) is 0 Å². The Balaban J connectivity index is 2.63. The molecule has 1 rings (SSSR count). The Morgan fingerprint density at radius 3 is 1.85 bits per heavy atom. The number of carbonyl (C=O) groups is 2. The van der Waals surface area contributed by atoms with Crippen LogP contribution in [0.15, 0.2) is 0 Å². The minimum atomic E-state index is -1.61. The van der Waals surface area contributed by atoms with Crippen LogP contribution in [0.3, 0.4) is 0 Å². The zero-order valence-electron chi connectivity index (χ0n) is 17.6. The van der Waals surface area contributed by atoms with E-state index in [0.29, 0.717) is 18.8 Å². The van der Waals surface area contributed by atoms with Gasteiger partial charge in [0.15, 0.2) is 5.41 Å². The van der Waals surface area contributed by atoms with Gasteiger partial charge in [0.05, 0.1) is 0 Å². The molecule has 0 amide bonds. The van der Waals surface area contributed by atoms with Gasteiger partial charge in [0.2, 0.25) is 0 Å². The van der Waals surface area contributed by atoms with Gasteiger partial charge in [-0.3, -0.25) is 14.5 Å². The van der Waals surface area contributed by atoms with E-state index < -0.39 is 17.4 Å². The molecule has 1 aliphatic heterocycles. The molecule has 0 aromatic heterocycles. The zero-order chi connectivity index (χ0) is 20.2. The van der Waals surface area contributed by atoms with E-state index in [0.717, 1.165) is 32.1 Å². The molecular weight excluding hydrogens is 330 g/mol. The maximum absolute atomic E-state index is 11.7. The van der Waals surface area contributed by atoms with Gasteiger partial charge in [-0.1, -0.05) is 39.0 Å². The average molecular weight is 370 g/mol. The summed E-state index contributed by atoms with van der Waals surface area (Å²) in [7, 11) is 2.19. The van der Waals surface area contributed by atoms with Crippen molar-refractivity contribution >= 4 is 11.9 Å². The molecule has 1 saturated heterocycles. The summed E-state index contributed by atoms with van der Waals surface area (Å²) < 4.78 is 0. The first kappa shape index (κ1) is 22.9. The Kier molecular flexibility index (Phi) is 7.70. The summed E-state index contributed by atoms with van der Waals surface area (Å²) in [6, 6.07) is 0. The van der Waals surface area contributed by atoms with Crippen molar-refractivity contribution in [1.82, 2.24) is 4.90 Å². The molecule has 5 heteroatoms. The van der Waals surface area contributed by atoms with Crippen molar-refractivity contribution in [3.05, 3.63) is 0 Å². The SMILES string of the molecule is CCCCC(CCCCC1CC(C)(C)N(C)C(C)(C)C1)(C(=O)O)C(=O)O. The van der Waals surface area contributed by atoms with Crippen LogP contribution >= 0.6 is 0 Å². The Labute approximate surface area is 159 Å². The number of likely N-dealkylation sites (tertiary alicyclic amines) is 1. The molecule has 0 bridgehead atoms. The van der Waals surface area contributed by atoms with Crippen LogP contribution in [0.2, 0.25) is 0 Å². The van der Waals surface area contributed by atoms with Crippen molar-refractivity contribution < 1.29 is 19.8 Å². The molecule has 26 heavy (non-hydrogen) atoms. The Morgan fingerprint density at radius 2 is 1.42 bits per heavy atom. The van der Waals surface area contributed by atoms with Crippen LogP contribution in [0, 0.1) is 11.3 Å². The van der Waals surface area contributed by atoms with Gasteiger partial charge in [-0.05, 0) is 66.3 Å². The molecule has 1 heterocycles. The smallest absolute Gasteiger partial charge is 0.321 e. The van der Waals surface area contributed by atoms with E-state index in [1.54, 1.807) is 0 Å². The number of hydrogen-bond donors (Lipinski definition) is 2. The molecule has 1 aliphatic rings. The predicted molar refractivity (Wildman–Crippen MR) is 104 cm³/mol. The largest absolute Gasteiger partial charge is 0.480 e. The molecule has 0 aliphatic carbocycles. The molecule has 5 nitrogen and oxygen atoms in total. The van der Waals surface area contributed by atoms with Crippen molar-refractivity contribution in [2.75, 3.05) is 7.05 Å². The van der Waals surface area contributed by atoms with E-state index in [-0.39, 0.29) is 23.9 Å². The van der Waals surface area contributed by atoms with Gasteiger partial charge in [-0.25, -0.2) is 0 Å². The molecule has 2 N–H and O–H groups in total. The Hall–Kier alpha value is -1.10. The molecular formula is C21H39NO4. The number of unbranched alkanes of at least 4 members (excludes halogenated alkanes) is 2. The minimum absolute atomic E-state index is 0.152. The number of rotatable bonds is 10. The maximum atomic E-state index is 11.7. The van der Waals surface area contributed by atoms with Crippen LogP contribution in [0.1, 0.15) is 92.4 Å². The van der Waals surface area contributed by atoms with Gasteiger partial charge in [-0.15, -0.1) is 0 Å². The molecule has 0 unspecified atom stereocenters. The van der Waals surface area contributed by atoms with E-state index >= 15 is 0 Å². The van der Waals surface area contributed by atoms with Crippen LogP contribution in [-0.4, -0.2) is 45.2 Å². The molecule has 0 aromatic carbocycles. The van der Waals surface area contributed by atoms with Gasteiger partial charge in [0.1, 0.15) is 0 Å². The van der Waals surface area contributed by atoms with Crippen molar-refractivity contribution in [2.45, 2.75) is 103 Å². The van der Waals surface area contributed by atoms with Crippen LogP contribution in [-0.2, 0) is 9.59 Å². The van der Waals surface area contributed by atoms with Gasteiger partial charge < -0.3 is 10.2 Å². The highest BCUT2D eigenvalue weighted by atomic mass is 16.4. The molecule has 0 spiro atoms. The Bertz CT molecular complexity index is 466. The molecule has 0 aromatic rings. The van der Waals surface area contributed by atoms with E-state index in [1.165, 1.54) is 0 Å². The molecule has 0 radical (unpaired) electrons. The standard InChI is InChI=1S/C21H39NO4/c1-7-8-12-21(17(23)24,18(25)26)13-10-9-11-16-14-19(2,3)22(6)20(4,5)15-16/h16H,7-15H2,1-6H3,(H,23,24)(H,25,26). The first-order chi connectivity index (χ1) is 11.9. The first-order valence-electron chi connectivity index (χ1n) is 10.1. The number of hydrogen-bond acceptors (Lipinski definition) is 3. The van der Waals surface area contributed by atoms with Crippen molar-refractivity contribution in [3.63, 3.8) is 0 Å². The van der Waals surface area contributed by atoms with Crippen molar-refractivity contribution in [2.24, 2.45) is 11.3 Å². The second-order valence-electron chi connectivity index (χ2n) is 9.50. The average Bonchev–Trinajstić information content (AvgIpc) is 2.51. The van der Waals surface area contributed by atoms with Gasteiger partial charge in [0, 0.05) is 11.1 Å². The lowest BCUT2D eigenvalue weighted by atomic mass is 9.72. The number of aliphatic carboxylic acids is 2. The monoisotopic (exact) mass is 369 g/mol. The number of piperidine rings is 1. The lowest BCUT2D eigenvalue weighted by Gasteiger charge is -2.54. The van der Waals surface area contributed by atoms with Crippen molar-refractivity contribution in [3.8, 4) is 0 Å². The highest BCUT2D eigenvalue weighted by Crippen LogP contribution is 2.42. The summed E-state index contributed by atoms with van der Waals surface area (Å²) in [5, 5.41) is 19.1. The number of carboxylic acid groups (broad SMARTS) is 2. The molecule has 0 atom stereocenters. The van der Waals surface area contributed by atoms with Crippen molar-refractivity contribution in [1.29, 1.82) is 0 Å². The number of carboxylic acids is 2. The lowest BCUT2D eigenvalue weighted by Crippen LogP contribution is -2.58. The number of nitrogens with zero attached hydrogens (tertiary/aromatic N) is 1. The zero-order valence-corrected chi connectivity index (χ0v) is 17.6. The summed E-state index contributed by atoms with van der Waals surface area (Å²) in [6.45, 7) is 11.1. The highest BCUT2D eigenvalue weighted by molar-refractivity contribution is 5.98. The summed E-state index contributed by atoms with van der Waals surface area (Å²) in [6.07, 6.45) is 6.77.